The maximum absolute atomic E-state index is 6.01. The first-order valence-corrected chi connectivity index (χ1v) is 9.44. The summed E-state index contributed by atoms with van der Waals surface area (Å²) >= 11 is 6.01. The molecule has 0 N–H and O–H groups in total. The number of likely N-dealkylation sites (tertiary alicyclic amines) is 1. The number of aromatic nitrogens is 2. The minimum Gasteiger partial charge on any atom is -0.376 e. The van der Waals surface area contributed by atoms with Crippen LogP contribution in [0.1, 0.15) is 28.9 Å². The Morgan fingerprint density at radius 2 is 2.00 bits per heavy atom. The number of rotatable bonds is 3. The molecule has 0 bridgehead atoms. The van der Waals surface area contributed by atoms with E-state index in [-0.39, 0.29) is 5.41 Å². The molecule has 0 amide bonds. The molecule has 3 heterocycles. The van der Waals surface area contributed by atoms with Gasteiger partial charge in [-0.25, -0.2) is 9.97 Å². The van der Waals surface area contributed by atoms with Gasteiger partial charge in [0.25, 0.3) is 0 Å². The minimum absolute atomic E-state index is 0.0293. The van der Waals surface area contributed by atoms with Crippen molar-refractivity contribution in [2.75, 3.05) is 38.7 Å². The predicted molar refractivity (Wildman–Crippen MR) is 104 cm³/mol. The molecule has 1 atom stereocenters. The van der Waals surface area contributed by atoms with Gasteiger partial charge in [0, 0.05) is 43.5 Å². The van der Waals surface area contributed by atoms with Crippen molar-refractivity contribution in [2.24, 2.45) is 0 Å². The first-order chi connectivity index (χ1) is 12.5. The van der Waals surface area contributed by atoms with Gasteiger partial charge in [-0.1, -0.05) is 23.7 Å². The fraction of sp³-hybridized carbons (Fsp3) is 0.500. The summed E-state index contributed by atoms with van der Waals surface area (Å²) in [6.07, 6.45) is 1.07. The normalized spacial score (nSPS) is 22.6. The number of benzene rings is 1. The largest absolute Gasteiger partial charge is 0.376 e. The van der Waals surface area contributed by atoms with Crippen LogP contribution in [0.5, 0.6) is 0 Å². The molecule has 2 aliphatic heterocycles. The zero-order chi connectivity index (χ0) is 18.3. The monoisotopic (exact) mass is 372 g/mol. The quantitative estimate of drug-likeness (QED) is 0.827. The van der Waals surface area contributed by atoms with Gasteiger partial charge in [0.05, 0.1) is 24.3 Å². The van der Waals surface area contributed by atoms with E-state index >= 15 is 0 Å². The molecule has 2 aromatic rings. The van der Waals surface area contributed by atoms with Crippen LogP contribution in [0.15, 0.2) is 24.3 Å². The van der Waals surface area contributed by atoms with E-state index in [1.54, 1.807) is 0 Å². The maximum atomic E-state index is 6.01. The summed E-state index contributed by atoms with van der Waals surface area (Å²) in [4.78, 5) is 14.1. The second kappa shape index (κ2) is 6.80. The zero-order valence-electron chi connectivity index (χ0n) is 15.6. The summed E-state index contributed by atoms with van der Waals surface area (Å²) in [5.41, 5.74) is 4.66. The number of anilines is 1. The standard InChI is InChI=1S/C20H25ClN4O/c1-14-17-11-26-13-20(18(17)23-19(22-14)24(2)3)8-9-25(12-20)10-15-4-6-16(21)7-5-15/h4-7H,8-13H2,1-3H3. The summed E-state index contributed by atoms with van der Waals surface area (Å²) in [6, 6.07) is 8.13. The molecule has 1 aromatic heterocycles. The maximum Gasteiger partial charge on any atom is 0.225 e. The molecule has 0 saturated carbocycles. The van der Waals surface area contributed by atoms with Crippen molar-refractivity contribution in [1.82, 2.24) is 14.9 Å². The SMILES string of the molecule is Cc1nc(N(C)C)nc2c1COCC21CCN(Cc2ccc(Cl)cc2)C1. The summed E-state index contributed by atoms with van der Waals surface area (Å²) in [6.45, 7) is 6.36. The van der Waals surface area contributed by atoms with Crippen molar-refractivity contribution in [1.29, 1.82) is 0 Å². The van der Waals surface area contributed by atoms with Gasteiger partial charge < -0.3 is 9.64 Å². The van der Waals surface area contributed by atoms with Gasteiger partial charge in [-0.3, -0.25) is 4.90 Å². The third-order valence-electron chi connectivity index (χ3n) is 5.48. The molecule has 0 aliphatic carbocycles. The Morgan fingerprint density at radius 1 is 1.23 bits per heavy atom. The van der Waals surface area contributed by atoms with Crippen LogP contribution in [-0.4, -0.2) is 48.7 Å². The molecule has 4 rings (SSSR count). The van der Waals surface area contributed by atoms with Crippen LogP contribution in [0, 0.1) is 6.92 Å². The summed E-state index contributed by atoms with van der Waals surface area (Å²) < 4.78 is 5.99. The van der Waals surface area contributed by atoms with Gasteiger partial charge in [0.15, 0.2) is 0 Å². The highest BCUT2D eigenvalue weighted by Gasteiger charge is 2.45. The molecule has 0 radical (unpaired) electrons. The second-order valence-corrected chi connectivity index (χ2v) is 8.13. The van der Waals surface area contributed by atoms with Crippen molar-refractivity contribution >= 4 is 17.5 Å². The van der Waals surface area contributed by atoms with E-state index in [0.717, 1.165) is 49.3 Å². The van der Waals surface area contributed by atoms with Gasteiger partial charge in [-0.2, -0.15) is 0 Å². The third-order valence-corrected chi connectivity index (χ3v) is 5.73. The molecule has 1 saturated heterocycles. The Hall–Kier alpha value is -1.69. The highest BCUT2D eigenvalue weighted by Crippen LogP contribution is 2.40. The molecular weight excluding hydrogens is 348 g/mol. The number of fused-ring (bicyclic) bond motifs is 2. The molecule has 5 nitrogen and oxygen atoms in total. The van der Waals surface area contributed by atoms with E-state index in [9.17, 15) is 0 Å². The van der Waals surface area contributed by atoms with Gasteiger partial charge in [-0.15, -0.1) is 0 Å². The van der Waals surface area contributed by atoms with Crippen LogP contribution < -0.4 is 4.90 Å². The number of halogens is 1. The van der Waals surface area contributed by atoms with E-state index in [1.807, 2.05) is 31.1 Å². The molecule has 1 unspecified atom stereocenters. The molecule has 1 spiro atoms. The lowest BCUT2D eigenvalue weighted by Gasteiger charge is -2.35. The lowest BCUT2D eigenvalue weighted by molar-refractivity contribution is 0.0498. The number of hydrogen-bond acceptors (Lipinski definition) is 5. The second-order valence-electron chi connectivity index (χ2n) is 7.69. The summed E-state index contributed by atoms with van der Waals surface area (Å²) in [5, 5.41) is 0.782. The van der Waals surface area contributed by atoms with Crippen molar-refractivity contribution < 1.29 is 4.74 Å². The van der Waals surface area contributed by atoms with Gasteiger partial charge in [0.1, 0.15) is 0 Å². The number of nitrogens with zero attached hydrogens (tertiary/aromatic N) is 4. The van der Waals surface area contributed by atoms with Gasteiger partial charge in [0.2, 0.25) is 5.95 Å². The third kappa shape index (κ3) is 3.20. The number of aryl methyl sites for hydroxylation is 1. The molecule has 1 fully saturated rings. The van der Waals surface area contributed by atoms with Crippen LogP contribution in [-0.2, 0) is 23.3 Å². The smallest absolute Gasteiger partial charge is 0.225 e. The van der Waals surface area contributed by atoms with Crippen LogP contribution in [0.4, 0.5) is 5.95 Å². The first-order valence-electron chi connectivity index (χ1n) is 9.07. The van der Waals surface area contributed by atoms with E-state index in [1.165, 1.54) is 16.8 Å². The average molecular weight is 373 g/mol. The van der Waals surface area contributed by atoms with Crippen LogP contribution in [0.3, 0.4) is 0 Å². The molecule has 1 aromatic carbocycles. The molecule has 138 valence electrons. The fourth-order valence-corrected chi connectivity index (χ4v) is 4.19. The summed E-state index contributed by atoms with van der Waals surface area (Å²) in [5.74, 6) is 0.790. The van der Waals surface area contributed by atoms with Gasteiger partial charge >= 0.3 is 0 Å². The Labute approximate surface area is 160 Å². The van der Waals surface area contributed by atoms with Crippen molar-refractivity contribution in [3.05, 3.63) is 51.8 Å². The first kappa shape index (κ1) is 17.7. The van der Waals surface area contributed by atoms with E-state index in [4.69, 9.17) is 21.3 Å². The average Bonchev–Trinajstić information content (AvgIpc) is 3.01. The van der Waals surface area contributed by atoms with Crippen LogP contribution in [0.2, 0.25) is 5.02 Å². The van der Waals surface area contributed by atoms with Crippen molar-refractivity contribution in [3.63, 3.8) is 0 Å². The minimum atomic E-state index is -0.0293. The van der Waals surface area contributed by atoms with Crippen LogP contribution in [0.25, 0.3) is 0 Å². The lowest BCUT2D eigenvalue weighted by atomic mass is 9.80. The van der Waals surface area contributed by atoms with Gasteiger partial charge in [-0.05, 0) is 37.6 Å². The highest BCUT2D eigenvalue weighted by molar-refractivity contribution is 6.30. The molecule has 2 aliphatic rings. The Kier molecular flexibility index (Phi) is 4.63. The van der Waals surface area contributed by atoms with E-state index in [0.29, 0.717) is 6.61 Å². The fourth-order valence-electron chi connectivity index (χ4n) is 4.06. The topological polar surface area (TPSA) is 41.5 Å². The Balaban J connectivity index is 1.61. The molecule has 6 heteroatoms. The highest BCUT2D eigenvalue weighted by atomic mass is 35.5. The molecular formula is C20H25ClN4O. The molecule has 26 heavy (non-hydrogen) atoms. The number of hydrogen-bond donors (Lipinski definition) is 0. The van der Waals surface area contributed by atoms with Crippen molar-refractivity contribution in [3.8, 4) is 0 Å². The Bertz CT molecular complexity index is 808. The lowest BCUT2D eigenvalue weighted by Crippen LogP contribution is -2.41. The zero-order valence-corrected chi connectivity index (χ0v) is 16.4. The van der Waals surface area contributed by atoms with Crippen molar-refractivity contribution in [2.45, 2.75) is 31.9 Å². The predicted octanol–water partition coefficient (Wildman–Crippen LogP) is 3.18. The van der Waals surface area contributed by atoms with Crippen LogP contribution >= 0.6 is 11.6 Å². The Morgan fingerprint density at radius 3 is 2.73 bits per heavy atom. The summed E-state index contributed by atoms with van der Waals surface area (Å²) in [7, 11) is 3.99. The van der Waals surface area contributed by atoms with E-state index in [2.05, 4.69) is 28.9 Å². The van der Waals surface area contributed by atoms with E-state index < -0.39 is 0 Å². The number of ether oxygens (including phenoxy) is 1.